The van der Waals surface area contributed by atoms with Gasteiger partial charge in [0.2, 0.25) is 5.95 Å². The van der Waals surface area contributed by atoms with Crippen LogP contribution in [0.4, 0.5) is 5.95 Å². The fourth-order valence-electron chi connectivity index (χ4n) is 2.97. The van der Waals surface area contributed by atoms with Gasteiger partial charge in [-0.05, 0) is 42.5 Å². The van der Waals surface area contributed by atoms with Crippen LogP contribution in [0, 0.1) is 0 Å². The Morgan fingerprint density at radius 3 is 2.56 bits per heavy atom. The van der Waals surface area contributed by atoms with Crippen LogP contribution in [0.5, 0.6) is 0 Å². The number of aromatic amines is 2. The first-order valence-corrected chi connectivity index (χ1v) is 8.43. The highest BCUT2D eigenvalue weighted by molar-refractivity contribution is 6.05. The maximum atomic E-state index is 12.6. The van der Waals surface area contributed by atoms with Gasteiger partial charge < -0.3 is 9.97 Å². The largest absolute Gasteiger partial charge is 0.337 e. The summed E-state index contributed by atoms with van der Waals surface area (Å²) >= 11 is 0. The zero-order chi connectivity index (χ0) is 18.2. The van der Waals surface area contributed by atoms with Gasteiger partial charge in [0.25, 0.3) is 5.91 Å². The second-order valence-corrected chi connectivity index (χ2v) is 6.09. The van der Waals surface area contributed by atoms with Crippen LogP contribution in [0.15, 0.2) is 66.9 Å². The molecule has 7 nitrogen and oxygen atoms in total. The van der Waals surface area contributed by atoms with Crippen molar-refractivity contribution in [2.45, 2.75) is 0 Å². The Kier molecular flexibility index (Phi) is 3.43. The first-order chi connectivity index (χ1) is 13.3. The van der Waals surface area contributed by atoms with E-state index in [0.717, 1.165) is 27.8 Å². The van der Waals surface area contributed by atoms with Crippen molar-refractivity contribution >= 4 is 33.9 Å². The SMILES string of the molecule is O=C(Nc1nc2ccccc2[nH]1)c1ccc2nc(-c3ccccn3)[nH]c2c1. The number of imidazole rings is 2. The summed E-state index contributed by atoms with van der Waals surface area (Å²) in [7, 11) is 0. The molecule has 0 aliphatic heterocycles. The smallest absolute Gasteiger partial charge is 0.258 e. The Hall–Kier alpha value is -4.00. The van der Waals surface area contributed by atoms with Crippen LogP contribution in [-0.2, 0) is 0 Å². The van der Waals surface area contributed by atoms with E-state index < -0.39 is 0 Å². The van der Waals surface area contributed by atoms with Crippen LogP contribution in [-0.4, -0.2) is 30.8 Å². The Morgan fingerprint density at radius 2 is 1.70 bits per heavy atom. The molecular formula is C20H14N6O. The van der Waals surface area contributed by atoms with E-state index in [9.17, 15) is 4.79 Å². The van der Waals surface area contributed by atoms with E-state index >= 15 is 0 Å². The maximum absolute atomic E-state index is 12.6. The minimum atomic E-state index is -0.245. The minimum Gasteiger partial charge on any atom is -0.337 e. The number of para-hydroxylation sites is 2. The lowest BCUT2D eigenvalue weighted by Crippen LogP contribution is -2.12. The van der Waals surface area contributed by atoms with Crippen LogP contribution in [0.2, 0.25) is 0 Å². The predicted molar refractivity (Wildman–Crippen MR) is 103 cm³/mol. The van der Waals surface area contributed by atoms with Crippen molar-refractivity contribution in [3.05, 3.63) is 72.4 Å². The number of fused-ring (bicyclic) bond motifs is 2. The van der Waals surface area contributed by atoms with Crippen LogP contribution in [0.25, 0.3) is 33.6 Å². The molecule has 3 aromatic heterocycles. The highest BCUT2D eigenvalue weighted by Crippen LogP contribution is 2.20. The van der Waals surface area contributed by atoms with Gasteiger partial charge in [-0.3, -0.25) is 15.1 Å². The van der Waals surface area contributed by atoms with Crippen LogP contribution in [0.3, 0.4) is 0 Å². The lowest BCUT2D eigenvalue weighted by Gasteiger charge is -2.01. The highest BCUT2D eigenvalue weighted by Gasteiger charge is 2.12. The molecule has 0 atom stereocenters. The van der Waals surface area contributed by atoms with Crippen LogP contribution in [0.1, 0.15) is 10.4 Å². The number of nitrogens with one attached hydrogen (secondary N) is 3. The Morgan fingerprint density at radius 1 is 0.852 bits per heavy atom. The number of amides is 1. The first kappa shape index (κ1) is 15.3. The normalized spacial score (nSPS) is 11.1. The predicted octanol–water partition coefficient (Wildman–Crippen LogP) is 3.75. The molecule has 0 radical (unpaired) electrons. The monoisotopic (exact) mass is 354 g/mol. The molecule has 2 aromatic carbocycles. The van der Waals surface area contributed by atoms with Gasteiger partial charge in [0, 0.05) is 11.8 Å². The van der Waals surface area contributed by atoms with Crippen molar-refractivity contribution in [2.75, 3.05) is 5.32 Å². The summed E-state index contributed by atoms with van der Waals surface area (Å²) in [5.41, 5.74) is 4.48. The number of benzene rings is 2. The van der Waals surface area contributed by atoms with Gasteiger partial charge in [0.1, 0.15) is 5.69 Å². The summed E-state index contributed by atoms with van der Waals surface area (Å²) in [5, 5.41) is 2.80. The third-order valence-corrected chi connectivity index (χ3v) is 4.27. The van der Waals surface area contributed by atoms with Gasteiger partial charge in [-0.2, -0.15) is 0 Å². The second kappa shape index (κ2) is 6.06. The summed E-state index contributed by atoms with van der Waals surface area (Å²) in [6.07, 6.45) is 1.72. The standard InChI is InChI=1S/C20H14N6O/c27-19(26-20-24-13-5-1-2-6-14(13)25-20)12-8-9-15-17(11-12)23-18(22-15)16-7-3-4-10-21-16/h1-11H,(H,22,23)(H2,24,25,26,27). The second-order valence-electron chi connectivity index (χ2n) is 6.09. The van der Waals surface area contributed by atoms with Gasteiger partial charge in [0.15, 0.2) is 5.82 Å². The fourth-order valence-corrected chi connectivity index (χ4v) is 2.97. The van der Waals surface area contributed by atoms with E-state index in [4.69, 9.17) is 0 Å². The molecule has 1 amide bonds. The average molecular weight is 354 g/mol. The van der Waals surface area contributed by atoms with E-state index in [0.29, 0.717) is 17.3 Å². The summed E-state index contributed by atoms with van der Waals surface area (Å²) in [5.74, 6) is 0.838. The molecular weight excluding hydrogens is 340 g/mol. The Bertz CT molecular complexity index is 1240. The molecule has 0 aliphatic carbocycles. The van der Waals surface area contributed by atoms with Gasteiger partial charge in [-0.1, -0.05) is 18.2 Å². The van der Waals surface area contributed by atoms with E-state index in [2.05, 4.69) is 30.2 Å². The third-order valence-electron chi connectivity index (χ3n) is 4.27. The molecule has 27 heavy (non-hydrogen) atoms. The minimum absolute atomic E-state index is 0.245. The zero-order valence-corrected chi connectivity index (χ0v) is 14.1. The molecule has 7 heteroatoms. The lowest BCUT2D eigenvalue weighted by atomic mass is 10.2. The Labute approximate surface area is 153 Å². The molecule has 0 bridgehead atoms. The van der Waals surface area contributed by atoms with Gasteiger partial charge in [-0.25, -0.2) is 9.97 Å². The molecule has 3 heterocycles. The van der Waals surface area contributed by atoms with Gasteiger partial charge >= 0.3 is 0 Å². The maximum Gasteiger partial charge on any atom is 0.258 e. The van der Waals surface area contributed by atoms with Gasteiger partial charge in [0.05, 0.1) is 22.1 Å². The van der Waals surface area contributed by atoms with Crippen molar-refractivity contribution in [3.63, 3.8) is 0 Å². The molecule has 0 aliphatic rings. The molecule has 5 aromatic rings. The summed E-state index contributed by atoms with van der Waals surface area (Å²) in [6, 6.07) is 18.6. The quantitative estimate of drug-likeness (QED) is 0.459. The number of hydrogen-bond acceptors (Lipinski definition) is 4. The lowest BCUT2D eigenvalue weighted by molar-refractivity contribution is 0.102. The summed E-state index contributed by atoms with van der Waals surface area (Å²) in [6.45, 7) is 0. The molecule has 130 valence electrons. The molecule has 0 fully saturated rings. The number of hydrogen-bond donors (Lipinski definition) is 3. The number of anilines is 1. The van der Waals surface area contributed by atoms with Gasteiger partial charge in [-0.15, -0.1) is 0 Å². The Balaban J connectivity index is 1.44. The zero-order valence-electron chi connectivity index (χ0n) is 14.1. The molecule has 0 unspecified atom stereocenters. The molecule has 0 saturated heterocycles. The average Bonchev–Trinajstić information content (AvgIpc) is 3.31. The van der Waals surface area contributed by atoms with Crippen molar-refractivity contribution in [3.8, 4) is 11.5 Å². The van der Waals surface area contributed by atoms with E-state index in [-0.39, 0.29) is 5.91 Å². The summed E-state index contributed by atoms with van der Waals surface area (Å²) in [4.78, 5) is 32.1. The van der Waals surface area contributed by atoms with Crippen molar-refractivity contribution in [2.24, 2.45) is 0 Å². The fraction of sp³-hybridized carbons (Fsp3) is 0. The number of carbonyl (C=O) groups excluding carboxylic acids is 1. The van der Waals surface area contributed by atoms with E-state index in [1.165, 1.54) is 0 Å². The van der Waals surface area contributed by atoms with Crippen LogP contribution >= 0.6 is 0 Å². The third kappa shape index (κ3) is 2.81. The summed E-state index contributed by atoms with van der Waals surface area (Å²) < 4.78 is 0. The highest BCUT2D eigenvalue weighted by atomic mass is 16.1. The topological polar surface area (TPSA) is 99.3 Å². The number of H-pyrrole nitrogens is 2. The van der Waals surface area contributed by atoms with E-state index in [1.807, 2.05) is 48.5 Å². The van der Waals surface area contributed by atoms with Crippen molar-refractivity contribution < 1.29 is 4.79 Å². The molecule has 5 rings (SSSR count). The number of aromatic nitrogens is 5. The number of nitrogens with zero attached hydrogens (tertiary/aromatic N) is 3. The van der Waals surface area contributed by atoms with Crippen molar-refractivity contribution in [1.82, 2.24) is 24.9 Å². The van der Waals surface area contributed by atoms with Crippen molar-refractivity contribution in [1.29, 1.82) is 0 Å². The van der Waals surface area contributed by atoms with Crippen LogP contribution < -0.4 is 5.32 Å². The molecule has 3 N–H and O–H groups in total. The number of pyridine rings is 1. The number of rotatable bonds is 3. The molecule has 0 saturated carbocycles. The first-order valence-electron chi connectivity index (χ1n) is 8.43. The number of carbonyl (C=O) groups is 1. The molecule has 0 spiro atoms. The van der Waals surface area contributed by atoms with E-state index in [1.54, 1.807) is 18.3 Å².